The number of pyridine rings is 1. The van der Waals surface area contributed by atoms with E-state index in [9.17, 15) is 9.90 Å². The molecule has 2 aromatic carbocycles. The number of aliphatic hydroxyl groups excluding tert-OH is 1. The number of aromatic nitrogens is 3. The quantitative estimate of drug-likeness (QED) is 0.345. The standard InChI is InChI=1S/C28H33N5O3/c1-28(2,3)30-13-14-33(4)27(35)25(34)19-10-8-9-18(15-19)20-16-22-24(31-32-26(22)29-17-20)21-11-6-7-12-23(21)36-5/h6-12,15-17,25,30,34H,13-14H2,1-5H3,(H,29,31,32). The summed E-state index contributed by atoms with van der Waals surface area (Å²) in [7, 11) is 3.34. The van der Waals surface area contributed by atoms with Crippen molar-refractivity contribution in [2.75, 3.05) is 27.2 Å². The molecule has 3 N–H and O–H groups in total. The lowest BCUT2D eigenvalue weighted by molar-refractivity contribution is -0.139. The number of methoxy groups -OCH3 is 1. The highest BCUT2D eigenvalue weighted by Crippen LogP contribution is 2.34. The van der Waals surface area contributed by atoms with Gasteiger partial charge in [0.05, 0.1) is 12.8 Å². The Kier molecular flexibility index (Phi) is 7.37. The molecular weight excluding hydrogens is 454 g/mol. The first kappa shape index (κ1) is 25.3. The number of para-hydroxylation sites is 1. The van der Waals surface area contributed by atoms with Crippen molar-refractivity contribution < 1.29 is 14.6 Å². The van der Waals surface area contributed by atoms with Gasteiger partial charge in [0.2, 0.25) is 0 Å². The maximum Gasteiger partial charge on any atom is 0.255 e. The first-order valence-electron chi connectivity index (χ1n) is 11.9. The Bertz CT molecular complexity index is 1360. The molecule has 2 heterocycles. The van der Waals surface area contributed by atoms with Crippen LogP contribution in [0.5, 0.6) is 5.75 Å². The Morgan fingerprint density at radius 1 is 1.14 bits per heavy atom. The number of carbonyl (C=O) groups excluding carboxylic acids is 1. The van der Waals surface area contributed by atoms with Crippen molar-refractivity contribution in [1.82, 2.24) is 25.4 Å². The van der Waals surface area contributed by atoms with Gasteiger partial charge in [-0.15, -0.1) is 0 Å². The van der Waals surface area contributed by atoms with E-state index in [1.54, 1.807) is 31.3 Å². The molecule has 4 aromatic rings. The largest absolute Gasteiger partial charge is 0.496 e. The van der Waals surface area contributed by atoms with Crippen LogP contribution in [-0.2, 0) is 4.79 Å². The molecule has 0 aliphatic heterocycles. The fourth-order valence-corrected chi connectivity index (χ4v) is 4.06. The van der Waals surface area contributed by atoms with Gasteiger partial charge in [-0.2, -0.15) is 5.10 Å². The minimum Gasteiger partial charge on any atom is -0.496 e. The number of hydrogen-bond acceptors (Lipinski definition) is 6. The number of benzene rings is 2. The molecule has 1 atom stereocenters. The van der Waals surface area contributed by atoms with E-state index in [4.69, 9.17) is 4.74 Å². The maximum atomic E-state index is 12.9. The number of ether oxygens (including phenoxy) is 1. The van der Waals surface area contributed by atoms with Crippen LogP contribution in [-0.4, -0.2) is 63.9 Å². The minimum absolute atomic E-state index is 0.0353. The molecule has 0 saturated carbocycles. The summed E-state index contributed by atoms with van der Waals surface area (Å²) in [6.07, 6.45) is 0.492. The molecule has 0 bridgehead atoms. The van der Waals surface area contributed by atoms with Crippen LogP contribution in [0, 0.1) is 0 Å². The van der Waals surface area contributed by atoms with Crippen LogP contribution >= 0.6 is 0 Å². The summed E-state index contributed by atoms with van der Waals surface area (Å²) in [5.41, 5.74) is 4.49. The number of aromatic amines is 1. The second-order valence-electron chi connectivity index (χ2n) is 9.86. The maximum absolute atomic E-state index is 12.9. The van der Waals surface area contributed by atoms with E-state index in [1.807, 2.05) is 48.5 Å². The summed E-state index contributed by atoms with van der Waals surface area (Å²) in [5.74, 6) is 0.392. The average molecular weight is 488 g/mol. The third kappa shape index (κ3) is 5.56. The summed E-state index contributed by atoms with van der Waals surface area (Å²) in [5, 5.41) is 22.5. The van der Waals surface area contributed by atoms with Crippen molar-refractivity contribution in [3.05, 3.63) is 66.4 Å². The highest BCUT2D eigenvalue weighted by molar-refractivity contribution is 5.94. The topological polar surface area (TPSA) is 103 Å². The number of aliphatic hydroxyl groups is 1. The Labute approximate surface area is 211 Å². The number of nitrogens with one attached hydrogen (secondary N) is 2. The van der Waals surface area contributed by atoms with E-state index < -0.39 is 6.10 Å². The third-order valence-corrected chi connectivity index (χ3v) is 6.03. The number of nitrogens with zero attached hydrogens (tertiary/aromatic N) is 3. The molecule has 188 valence electrons. The van der Waals surface area contributed by atoms with Gasteiger partial charge in [-0.1, -0.05) is 30.3 Å². The second kappa shape index (κ2) is 10.5. The van der Waals surface area contributed by atoms with Gasteiger partial charge in [0.15, 0.2) is 11.8 Å². The molecule has 0 saturated heterocycles. The summed E-state index contributed by atoms with van der Waals surface area (Å²) < 4.78 is 5.52. The van der Waals surface area contributed by atoms with Crippen LogP contribution in [0.4, 0.5) is 0 Å². The molecular formula is C28H33N5O3. The number of likely N-dealkylation sites (N-methyl/N-ethyl adjacent to an activating group) is 1. The van der Waals surface area contributed by atoms with Crippen molar-refractivity contribution in [1.29, 1.82) is 0 Å². The highest BCUT2D eigenvalue weighted by atomic mass is 16.5. The molecule has 4 rings (SSSR count). The first-order chi connectivity index (χ1) is 17.2. The lowest BCUT2D eigenvalue weighted by Gasteiger charge is -2.25. The number of amides is 1. The molecule has 0 radical (unpaired) electrons. The van der Waals surface area contributed by atoms with Gasteiger partial charge in [0, 0.05) is 48.4 Å². The van der Waals surface area contributed by atoms with Gasteiger partial charge in [-0.05, 0) is 56.2 Å². The summed E-state index contributed by atoms with van der Waals surface area (Å²) >= 11 is 0. The first-order valence-corrected chi connectivity index (χ1v) is 11.9. The number of carbonyl (C=O) groups is 1. The zero-order valence-electron chi connectivity index (χ0n) is 21.4. The predicted octanol–water partition coefficient (Wildman–Crippen LogP) is 4.18. The molecule has 1 amide bonds. The van der Waals surface area contributed by atoms with Gasteiger partial charge in [-0.25, -0.2) is 4.98 Å². The van der Waals surface area contributed by atoms with Crippen LogP contribution in [0.15, 0.2) is 60.8 Å². The van der Waals surface area contributed by atoms with Crippen molar-refractivity contribution >= 4 is 16.9 Å². The fourth-order valence-electron chi connectivity index (χ4n) is 4.06. The van der Waals surface area contributed by atoms with E-state index in [0.29, 0.717) is 24.3 Å². The Morgan fingerprint density at radius 2 is 1.92 bits per heavy atom. The summed E-state index contributed by atoms with van der Waals surface area (Å²) in [4.78, 5) is 18.9. The van der Waals surface area contributed by atoms with Crippen molar-refractivity contribution in [2.24, 2.45) is 0 Å². The van der Waals surface area contributed by atoms with Gasteiger partial charge >= 0.3 is 0 Å². The van der Waals surface area contributed by atoms with Crippen LogP contribution in [0.2, 0.25) is 0 Å². The van der Waals surface area contributed by atoms with Crippen LogP contribution in [0.1, 0.15) is 32.4 Å². The lowest BCUT2D eigenvalue weighted by atomic mass is 9.99. The van der Waals surface area contributed by atoms with Gasteiger partial charge in [0.25, 0.3) is 5.91 Å². The monoisotopic (exact) mass is 487 g/mol. The number of rotatable bonds is 8. The van der Waals surface area contributed by atoms with E-state index in [0.717, 1.165) is 33.5 Å². The van der Waals surface area contributed by atoms with E-state index in [1.165, 1.54) is 0 Å². The molecule has 0 aliphatic carbocycles. The Morgan fingerprint density at radius 3 is 2.67 bits per heavy atom. The number of fused-ring (bicyclic) bond motifs is 1. The van der Waals surface area contributed by atoms with Crippen molar-refractivity contribution in [3.8, 4) is 28.1 Å². The SMILES string of the molecule is COc1ccccc1-c1[nH]nc2ncc(-c3cccc(C(O)C(=O)N(C)CCNC(C)(C)C)c3)cc12. The van der Waals surface area contributed by atoms with E-state index >= 15 is 0 Å². The highest BCUT2D eigenvalue weighted by Gasteiger charge is 2.22. The Hall–Kier alpha value is -3.75. The second-order valence-corrected chi connectivity index (χ2v) is 9.86. The third-order valence-electron chi connectivity index (χ3n) is 6.03. The van der Waals surface area contributed by atoms with Crippen molar-refractivity contribution in [3.63, 3.8) is 0 Å². The fraction of sp³-hybridized carbons (Fsp3) is 0.321. The molecule has 0 fully saturated rings. The summed E-state index contributed by atoms with van der Waals surface area (Å²) in [6, 6.07) is 17.1. The van der Waals surface area contributed by atoms with Crippen LogP contribution < -0.4 is 10.1 Å². The lowest BCUT2D eigenvalue weighted by Crippen LogP contribution is -2.42. The zero-order chi connectivity index (χ0) is 25.9. The Balaban J connectivity index is 1.59. The minimum atomic E-state index is -1.25. The van der Waals surface area contributed by atoms with Gasteiger partial charge in [-0.3, -0.25) is 9.89 Å². The molecule has 0 spiro atoms. The van der Waals surface area contributed by atoms with Crippen molar-refractivity contribution in [2.45, 2.75) is 32.4 Å². The van der Waals surface area contributed by atoms with Crippen LogP contribution in [0.3, 0.4) is 0 Å². The molecule has 8 nitrogen and oxygen atoms in total. The predicted molar refractivity (Wildman–Crippen MR) is 142 cm³/mol. The van der Waals surface area contributed by atoms with Gasteiger partial charge in [0.1, 0.15) is 5.75 Å². The van der Waals surface area contributed by atoms with E-state index in [2.05, 4.69) is 41.3 Å². The van der Waals surface area contributed by atoms with Crippen LogP contribution in [0.25, 0.3) is 33.4 Å². The molecule has 36 heavy (non-hydrogen) atoms. The zero-order valence-corrected chi connectivity index (χ0v) is 21.4. The number of H-pyrrole nitrogens is 1. The summed E-state index contributed by atoms with van der Waals surface area (Å²) in [6.45, 7) is 7.36. The smallest absolute Gasteiger partial charge is 0.255 e. The number of hydrogen-bond donors (Lipinski definition) is 3. The molecule has 2 aromatic heterocycles. The molecule has 1 unspecified atom stereocenters. The molecule has 0 aliphatic rings. The van der Waals surface area contributed by atoms with Gasteiger partial charge < -0.3 is 20.1 Å². The van der Waals surface area contributed by atoms with E-state index in [-0.39, 0.29) is 11.4 Å². The molecule has 8 heteroatoms. The normalized spacial score (nSPS) is 12.5. The average Bonchev–Trinajstić information content (AvgIpc) is 3.30.